The number of carbonyl (C=O) groups excluding carboxylic acids is 1. The zero-order valence-electron chi connectivity index (χ0n) is 11.8. The molecule has 0 unspecified atom stereocenters. The van der Waals surface area contributed by atoms with E-state index in [1.807, 2.05) is 24.3 Å². The van der Waals surface area contributed by atoms with Crippen LogP contribution in [0.2, 0.25) is 5.02 Å². The predicted molar refractivity (Wildman–Crippen MR) is 84.9 cm³/mol. The number of ketones is 1. The molecule has 0 amide bonds. The third kappa shape index (κ3) is 2.26. The zero-order chi connectivity index (χ0) is 15.7. The van der Waals surface area contributed by atoms with E-state index in [1.165, 1.54) is 0 Å². The van der Waals surface area contributed by atoms with E-state index >= 15 is 0 Å². The van der Waals surface area contributed by atoms with Crippen LogP contribution in [0, 0.1) is 11.3 Å². The van der Waals surface area contributed by atoms with E-state index in [1.54, 1.807) is 35.9 Å². The number of fused-ring (bicyclic) bond motifs is 1. The number of aromatic nitrogens is 2. The van der Waals surface area contributed by atoms with Crippen LogP contribution in [0.5, 0.6) is 0 Å². The Bertz CT molecular complexity index is 908. The topological polar surface area (TPSA) is 58.7 Å². The van der Waals surface area contributed by atoms with Gasteiger partial charge in [-0.3, -0.25) is 4.79 Å². The third-order valence-electron chi connectivity index (χ3n) is 3.61. The molecule has 22 heavy (non-hydrogen) atoms. The van der Waals surface area contributed by atoms with Gasteiger partial charge in [0.05, 0.1) is 22.1 Å². The summed E-state index contributed by atoms with van der Waals surface area (Å²) >= 11 is 6.07. The maximum absolute atomic E-state index is 12.7. The van der Waals surface area contributed by atoms with Crippen LogP contribution in [0.25, 0.3) is 11.0 Å². The normalized spacial score (nSPS) is 12.0. The van der Waals surface area contributed by atoms with Gasteiger partial charge in [-0.25, -0.2) is 4.98 Å². The molecular formula is C17H12ClN3O. The molecule has 0 bridgehead atoms. The van der Waals surface area contributed by atoms with Gasteiger partial charge in [0.25, 0.3) is 0 Å². The Labute approximate surface area is 132 Å². The molecule has 0 radical (unpaired) electrons. The van der Waals surface area contributed by atoms with Gasteiger partial charge in [0.15, 0.2) is 11.7 Å². The summed E-state index contributed by atoms with van der Waals surface area (Å²) in [4.78, 5) is 17.1. The molecular weight excluding hydrogens is 298 g/mol. The quantitative estimate of drug-likeness (QED) is 0.693. The van der Waals surface area contributed by atoms with Crippen LogP contribution in [0.15, 0.2) is 48.5 Å². The average Bonchev–Trinajstić information content (AvgIpc) is 2.86. The summed E-state index contributed by atoms with van der Waals surface area (Å²) in [6.45, 7) is 0. The summed E-state index contributed by atoms with van der Waals surface area (Å²) in [6.07, 6.45) is 0. The van der Waals surface area contributed by atoms with E-state index in [0.717, 1.165) is 11.0 Å². The van der Waals surface area contributed by atoms with Crippen LogP contribution in [0.3, 0.4) is 0 Å². The fourth-order valence-electron chi connectivity index (χ4n) is 2.47. The van der Waals surface area contributed by atoms with Crippen molar-refractivity contribution in [1.29, 1.82) is 5.26 Å². The van der Waals surface area contributed by atoms with Crippen LogP contribution in [-0.2, 0) is 7.05 Å². The number of carbonyl (C=O) groups is 1. The number of hydrogen-bond acceptors (Lipinski definition) is 3. The van der Waals surface area contributed by atoms with Crippen molar-refractivity contribution < 1.29 is 4.79 Å². The second kappa shape index (κ2) is 5.63. The first-order chi connectivity index (χ1) is 10.6. The van der Waals surface area contributed by atoms with Crippen LogP contribution in [0.1, 0.15) is 22.1 Å². The first kappa shape index (κ1) is 14.3. The summed E-state index contributed by atoms with van der Waals surface area (Å²) in [5, 5.41) is 9.82. The van der Waals surface area contributed by atoms with Crippen molar-refractivity contribution >= 4 is 28.4 Å². The lowest BCUT2D eigenvalue weighted by molar-refractivity contribution is 0.0975. The Balaban J connectivity index is 2.11. The van der Waals surface area contributed by atoms with Crippen molar-refractivity contribution in [2.45, 2.75) is 5.92 Å². The number of Topliss-reactive ketones (excluding diaryl/α,β-unsaturated/α-hetero) is 1. The minimum atomic E-state index is -0.989. The fourth-order valence-corrected chi connectivity index (χ4v) is 2.70. The monoisotopic (exact) mass is 309 g/mol. The molecule has 0 saturated heterocycles. The maximum Gasteiger partial charge on any atom is 0.189 e. The summed E-state index contributed by atoms with van der Waals surface area (Å²) in [5.74, 6) is -0.905. The minimum Gasteiger partial charge on any atom is -0.330 e. The lowest BCUT2D eigenvalue weighted by Crippen LogP contribution is -2.16. The van der Waals surface area contributed by atoms with Gasteiger partial charge in [0.2, 0.25) is 0 Å². The van der Waals surface area contributed by atoms with Crippen molar-refractivity contribution in [3.8, 4) is 6.07 Å². The number of benzene rings is 2. The minimum absolute atomic E-state index is 0.336. The van der Waals surface area contributed by atoms with Crippen LogP contribution >= 0.6 is 11.6 Å². The summed E-state index contributed by atoms with van der Waals surface area (Å²) < 4.78 is 1.78. The molecule has 0 aliphatic heterocycles. The van der Waals surface area contributed by atoms with E-state index in [9.17, 15) is 10.1 Å². The highest BCUT2D eigenvalue weighted by Gasteiger charge is 2.28. The smallest absolute Gasteiger partial charge is 0.189 e. The molecule has 0 fully saturated rings. The van der Waals surface area contributed by atoms with Gasteiger partial charge in [-0.05, 0) is 24.3 Å². The van der Waals surface area contributed by atoms with Crippen LogP contribution in [0.4, 0.5) is 0 Å². The molecule has 0 N–H and O–H groups in total. The van der Waals surface area contributed by atoms with Gasteiger partial charge in [0.1, 0.15) is 5.82 Å². The van der Waals surface area contributed by atoms with Crippen molar-refractivity contribution in [2.24, 2.45) is 7.05 Å². The molecule has 1 atom stereocenters. The number of nitriles is 1. The molecule has 0 spiro atoms. The molecule has 3 aromatic rings. The number of imidazole rings is 1. The second-order valence-corrected chi connectivity index (χ2v) is 5.33. The highest BCUT2D eigenvalue weighted by Crippen LogP contribution is 2.26. The Morgan fingerprint density at radius 2 is 1.91 bits per heavy atom. The molecule has 0 saturated carbocycles. The number of nitrogens with zero attached hydrogens (tertiary/aromatic N) is 3. The van der Waals surface area contributed by atoms with E-state index in [0.29, 0.717) is 16.4 Å². The second-order valence-electron chi connectivity index (χ2n) is 4.92. The van der Waals surface area contributed by atoms with Crippen molar-refractivity contribution in [3.63, 3.8) is 0 Å². The summed E-state index contributed by atoms with van der Waals surface area (Å²) in [5.41, 5.74) is 1.97. The summed E-state index contributed by atoms with van der Waals surface area (Å²) in [6, 6.07) is 16.3. The Hall–Kier alpha value is -2.64. The van der Waals surface area contributed by atoms with Crippen molar-refractivity contribution in [3.05, 3.63) is 64.9 Å². The lowest BCUT2D eigenvalue weighted by atomic mass is 9.98. The lowest BCUT2D eigenvalue weighted by Gasteiger charge is -2.09. The zero-order valence-corrected chi connectivity index (χ0v) is 12.6. The maximum atomic E-state index is 12.7. The van der Waals surface area contributed by atoms with Crippen LogP contribution < -0.4 is 0 Å². The molecule has 1 heterocycles. The average molecular weight is 310 g/mol. The van der Waals surface area contributed by atoms with Gasteiger partial charge in [-0.2, -0.15) is 5.26 Å². The standard InChI is InChI=1S/C17H12ClN3O/c1-21-15-9-5-4-8-14(15)20-17(21)12(10-19)16(22)11-6-2-3-7-13(11)18/h2-9,12H,1H3/t12-/m1/s1. The number of rotatable bonds is 3. The number of hydrogen-bond donors (Lipinski definition) is 0. The van der Waals surface area contributed by atoms with Gasteiger partial charge in [0, 0.05) is 12.6 Å². The molecule has 0 aliphatic rings. The van der Waals surface area contributed by atoms with E-state index in [-0.39, 0.29) is 5.78 Å². The first-order valence-corrected chi connectivity index (χ1v) is 7.11. The molecule has 3 rings (SSSR count). The van der Waals surface area contributed by atoms with E-state index in [2.05, 4.69) is 11.1 Å². The molecule has 1 aromatic heterocycles. The largest absolute Gasteiger partial charge is 0.330 e. The van der Waals surface area contributed by atoms with Gasteiger partial charge < -0.3 is 4.57 Å². The van der Waals surface area contributed by atoms with Crippen LogP contribution in [-0.4, -0.2) is 15.3 Å². The molecule has 4 nitrogen and oxygen atoms in total. The third-order valence-corrected chi connectivity index (χ3v) is 3.94. The van der Waals surface area contributed by atoms with Gasteiger partial charge in [-0.15, -0.1) is 0 Å². The number of aryl methyl sites for hydroxylation is 1. The highest BCUT2D eigenvalue weighted by molar-refractivity contribution is 6.34. The van der Waals surface area contributed by atoms with Gasteiger partial charge in [-0.1, -0.05) is 35.9 Å². The van der Waals surface area contributed by atoms with Crippen molar-refractivity contribution in [1.82, 2.24) is 9.55 Å². The highest BCUT2D eigenvalue weighted by atomic mass is 35.5. The predicted octanol–water partition coefficient (Wildman–Crippen LogP) is 3.72. The molecule has 5 heteroatoms. The number of halogens is 1. The molecule has 2 aromatic carbocycles. The Morgan fingerprint density at radius 3 is 2.59 bits per heavy atom. The Kier molecular flexibility index (Phi) is 3.66. The molecule has 108 valence electrons. The molecule has 0 aliphatic carbocycles. The Morgan fingerprint density at radius 1 is 1.23 bits per heavy atom. The SMILES string of the molecule is Cn1c([C@H](C#N)C(=O)c2ccccc2Cl)nc2ccccc21. The van der Waals surface area contributed by atoms with E-state index in [4.69, 9.17) is 11.6 Å². The van der Waals surface area contributed by atoms with Gasteiger partial charge >= 0.3 is 0 Å². The fraction of sp³-hybridized carbons (Fsp3) is 0.118. The van der Waals surface area contributed by atoms with Crippen molar-refractivity contribution in [2.75, 3.05) is 0 Å². The van der Waals surface area contributed by atoms with E-state index < -0.39 is 5.92 Å². The first-order valence-electron chi connectivity index (χ1n) is 6.73. The number of para-hydroxylation sites is 2. The summed E-state index contributed by atoms with van der Waals surface area (Å²) in [7, 11) is 1.80.